The molecule has 0 saturated carbocycles. The first-order chi connectivity index (χ1) is 18.7. The van der Waals surface area contributed by atoms with Crippen molar-refractivity contribution >= 4 is 28.8 Å². The van der Waals surface area contributed by atoms with Crippen LogP contribution in [0, 0.1) is 19.8 Å². The van der Waals surface area contributed by atoms with Gasteiger partial charge in [0.2, 0.25) is 0 Å². The minimum Gasteiger partial charge on any atom is -0.507 e. The van der Waals surface area contributed by atoms with Gasteiger partial charge in [-0.1, -0.05) is 38.1 Å². The number of carbonyl (C=O) groups is 2. The highest BCUT2D eigenvalue weighted by Crippen LogP contribution is 2.43. The number of nitrogens with zero attached hydrogens (tertiary/aromatic N) is 2. The lowest BCUT2D eigenvalue weighted by atomic mass is 9.94. The van der Waals surface area contributed by atoms with E-state index < -0.39 is 17.7 Å². The van der Waals surface area contributed by atoms with Gasteiger partial charge in [-0.3, -0.25) is 14.5 Å². The Morgan fingerprint density at radius 3 is 2.18 bits per heavy atom. The lowest BCUT2D eigenvalue weighted by Gasteiger charge is -2.28. The zero-order valence-corrected chi connectivity index (χ0v) is 23.7. The lowest BCUT2D eigenvalue weighted by Crippen LogP contribution is -2.30. The number of amides is 1. The molecule has 1 atom stereocenters. The number of aliphatic hydroxyl groups is 1. The van der Waals surface area contributed by atoms with Gasteiger partial charge in [-0.25, -0.2) is 0 Å². The monoisotopic (exact) mass is 526 g/mol. The summed E-state index contributed by atoms with van der Waals surface area (Å²) in [6.07, 6.45) is 0. The molecule has 1 aliphatic heterocycles. The van der Waals surface area contributed by atoms with Gasteiger partial charge in [0.25, 0.3) is 11.7 Å². The predicted octanol–water partition coefficient (Wildman–Crippen LogP) is 6.81. The van der Waals surface area contributed by atoms with Gasteiger partial charge in [-0.05, 0) is 92.8 Å². The molecule has 3 aromatic carbocycles. The summed E-state index contributed by atoms with van der Waals surface area (Å²) >= 11 is 0. The number of ether oxygens (including phenoxy) is 1. The molecule has 6 heteroatoms. The molecule has 4 rings (SSSR count). The third-order valence-electron chi connectivity index (χ3n) is 7.12. The fourth-order valence-corrected chi connectivity index (χ4v) is 4.96. The number of aliphatic hydroxyl groups excluding tert-OH is 1. The van der Waals surface area contributed by atoms with Crippen molar-refractivity contribution < 1.29 is 19.4 Å². The number of hydrogen-bond donors (Lipinski definition) is 1. The normalized spacial score (nSPS) is 16.7. The van der Waals surface area contributed by atoms with Crippen molar-refractivity contribution in [2.24, 2.45) is 5.92 Å². The topological polar surface area (TPSA) is 70.1 Å². The van der Waals surface area contributed by atoms with Crippen LogP contribution in [0.15, 0.2) is 72.3 Å². The average Bonchev–Trinajstić information content (AvgIpc) is 3.19. The summed E-state index contributed by atoms with van der Waals surface area (Å²) < 4.78 is 5.77. The standard InChI is InChI=1S/C33H38N2O4/c1-7-34(8-2)26-15-11-24(12-16-26)30-29(31(36)25-13-17-27(18-14-25)39-20-21(3)4)32(37)33(38)35(30)28-19-22(5)9-10-23(28)6/h9-19,21,30,36H,7-8,20H2,1-6H3/b31-29+. The van der Waals surface area contributed by atoms with Crippen LogP contribution >= 0.6 is 0 Å². The van der Waals surface area contributed by atoms with E-state index >= 15 is 0 Å². The molecule has 1 fully saturated rings. The number of rotatable bonds is 9. The Bertz CT molecular complexity index is 1370. The molecule has 0 spiro atoms. The average molecular weight is 527 g/mol. The molecule has 0 bridgehead atoms. The van der Waals surface area contributed by atoms with Gasteiger partial charge in [-0.15, -0.1) is 0 Å². The summed E-state index contributed by atoms with van der Waals surface area (Å²) in [6.45, 7) is 14.5. The zero-order valence-electron chi connectivity index (χ0n) is 23.7. The summed E-state index contributed by atoms with van der Waals surface area (Å²) in [5, 5.41) is 11.5. The molecule has 6 nitrogen and oxygen atoms in total. The summed E-state index contributed by atoms with van der Waals surface area (Å²) in [5.41, 5.74) is 4.85. The maximum atomic E-state index is 13.6. The maximum Gasteiger partial charge on any atom is 0.300 e. The number of Topliss-reactive ketones (excluding diaryl/α,β-unsaturated/α-hetero) is 1. The van der Waals surface area contributed by atoms with Gasteiger partial charge in [0, 0.05) is 30.0 Å². The summed E-state index contributed by atoms with van der Waals surface area (Å²) in [5.74, 6) is -0.493. The van der Waals surface area contributed by atoms with Crippen molar-refractivity contribution in [3.8, 4) is 5.75 Å². The van der Waals surface area contributed by atoms with Crippen LogP contribution in [0.3, 0.4) is 0 Å². The molecule has 3 aromatic rings. The second kappa shape index (κ2) is 11.8. The second-order valence-electron chi connectivity index (χ2n) is 10.5. The van der Waals surface area contributed by atoms with Crippen LogP contribution in [-0.4, -0.2) is 36.5 Å². The fraction of sp³-hybridized carbons (Fsp3) is 0.333. The quantitative estimate of drug-likeness (QED) is 0.188. The fourth-order valence-electron chi connectivity index (χ4n) is 4.96. The Balaban J connectivity index is 1.84. The van der Waals surface area contributed by atoms with E-state index in [0.717, 1.165) is 35.5 Å². The van der Waals surface area contributed by atoms with Gasteiger partial charge in [0.15, 0.2) is 0 Å². The predicted molar refractivity (Wildman–Crippen MR) is 157 cm³/mol. The Morgan fingerprint density at radius 2 is 1.59 bits per heavy atom. The van der Waals surface area contributed by atoms with E-state index in [9.17, 15) is 14.7 Å². The number of ketones is 1. The van der Waals surface area contributed by atoms with Crippen LogP contribution in [0.1, 0.15) is 56.0 Å². The van der Waals surface area contributed by atoms with Crippen molar-refractivity contribution in [3.05, 3.63) is 94.6 Å². The van der Waals surface area contributed by atoms with Crippen molar-refractivity contribution in [2.75, 3.05) is 29.5 Å². The van der Waals surface area contributed by atoms with E-state index in [1.54, 1.807) is 24.3 Å². The highest BCUT2D eigenvalue weighted by Gasteiger charge is 2.47. The number of anilines is 2. The van der Waals surface area contributed by atoms with E-state index in [1.165, 1.54) is 4.90 Å². The molecule has 1 aliphatic rings. The van der Waals surface area contributed by atoms with E-state index in [2.05, 4.69) is 32.6 Å². The van der Waals surface area contributed by atoms with E-state index in [4.69, 9.17) is 4.74 Å². The van der Waals surface area contributed by atoms with E-state index in [1.807, 2.05) is 56.3 Å². The van der Waals surface area contributed by atoms with E-state index in [0.29, 0.717) is 29.5 Å². The highest BCUT2D eigenvalue weighted by molar-refractivity contribution is 6.51. The molecule has 1 saturated heterocycles. The molecule has 0 aromatic heterocycles. The maximum absolute atomic E-state index is 13.6. The van der Waals surface area contributed by atoms with Gasteiger partial charge in [0.05, 0.1) is 18.2 Å². The van der Waals surface area contributed by atoms with Crippen LogP contribution < -0.4 is 14.5 Å². The minimum absolute atomic E-state index is 0.0762. The first kappa shape index (κ1) is 28.0. The Hall–Kier alpha value is -4.06. The smallest absolute Gasteiger partial charge is 0.300 e. The van der Waals surface area contributed by atoms with Gasteiger partial charge in [-0.2, -0.15) is 0 Å². The van der Waals surface area contributed by atoms with Crippen molar-refractivity contribution in [2.45, 2.75) is 47.6 Å². The molecule has 1 amide bonds. The number of benzene rings is 3. The Labute approximate surface area is 231 Å². The van der Waals surface area contributed by atoms with Gasteiger partial charge in [0.1, 0.15) is 11.5 Å². The third kappa shape index (κ3) is 5.70. The molecule has 39 heavy (non-hydrogen) atoms. The van der Waals surface area contributed by atoms with Crippen molar-refractivity contribution in [1.29, 1.82) is 0 Å². The molecule has 0 radical (unpaired) electrons. The zero-order chi connectivity index (χ0) is 28.3. The lowest BCUT2D eigenvalue weighted by molar-refractivity contribution is -0.132. The van der Waals surface area contributed by atoms with Gasteiger partial charge < -0.3 is 14.7 Å². The van der Waals surface area contributed by atoms with Crippen LogP contribution in [-0.2, 0) is 9.59 Å². The van der Waals surface area contributed by atoms with Crippen molar-refractivity contribution in [1.82, 2.24) is 0 Å². The highest BCUT2D eigenvalue weighted by atomic mass is 16.5. The molecule has 204 valence electrons. The Morgan fingerprint density at radius 1 is 0.949 bits per heavy atom. The van der Waals surface area contributed by atoms with Crippen LogP contribution in [0.5, 0.6) is 5.75 Å². The Kier molecular flexibility index (Phi) is 8.44. The third-order valence-corrected chi connectivity index (χ3v) is 7.12. The SMILES string of the molecule is CCN(CC)c1ccc(C2/C(=C(\O)c3ccc(OCC(C)C)cc3)C(=O)C(=O)N2c2cc(C)ccc2C)cc1. The van der Waals surface area contributed by atoms with Crippen LogP contribution in [0.4, 0.5) is 11.4 Å². The van der Waals surface area contributed by atoms with Gasteiger partial charge >= 0.3 is 0 Å². The summed E-state index contributed by atoms with van der Waals surface area (Å²) in [7, 11) is 0. The first-order valence-electron chi connectivity index (χ1n) is 13.6. The number of aryl methyl sites for hydroxylation is 2. The number of carbonyl (C=O) groups excluding carboxylic acids is 2. The molecular formula is C33H38N2O4. The van der Waals surface area contributed by atoms with E-state index in [-0.39, 0.29) is 11.3 Å². The minimum atomic E-state index is -0.770. The largest absolute Gasteiger partial charge is 0.507 e. The molecule has 0 aliphatic carbocycles. The molecule has 1 N–H and O–H groups in total. The second-order valence-corrected chi connectivity index (χ2v) is 10.5. The summed E-state index contributed by atoms with van der Waals surface area (Å²) in [4.78, 5) is 30.9. The van der Waals surface area contributed by atoms with Crippen LogP contribution in [0.25, 0.3) is 5.76 Å². The first-order valence-corrected chi connectivity index (χ1v) is 13.6. The summed E-state index contributed by atoms with van der Waals surface area (Å²) in [6, 6.07) is 19.9. The molecular weight excluding hydrogens is 488 g/mol. The molecule has 1 unspecified atom stereocenters. The van der Waals surface area contributed by atoms with Crippen LogP contribution in [0.2, 0.25) is 0 Å². The molecule has 1 heterocycles. The van der Waals surface area contributed by atoms with Crippen molar-refractivity contribution in [3.63, 3.8) is 0 Å². The number of hydrogen-bond acceptors (Lipinski definition) is 5.